The van der Waals surface area contributed by atoms with Crippen LogP contribution in [0.5, 0.6) is 11.5 Å². The predicted molar refractivity (Wildman–Crippen MR) is 116 cm³/mol. The Morgan fingerprint density at radius 2 is 1.66 bits per heavy atom. The van der Waals surface area contributed by atoms with Crippen LogP contribution in [-0.2, 0) is 11.2 Å². The third kappa shape index (κ3) is 5.97. The molecule has 0 bridgehead atoms. The van der Waals surface area contributed by atoms with Crippen molar-refractivity contribution in [1.29, 1.82) is 0 Å². The smallest absolute Gasteiger partial charge is 0.251 e. The molecule has 0 heterocycles. The average Bonchev–Trinajstić information content (AvgIpc) is 3.50. The van der Waals surface area contributed by atoms with Crippen molar-refractivity contribution in [3.05, 3.63) is 52.0 Å². The minimum Gasteiger partial charge on any atom is -0.490 e. The number of hydrogen-bond acceptors (Lipinski definition) is 4. The number of ether oxygens (including phenoxy) is 2. The Morgan fingerprint density at radius 1 is 1.03 bits per heavy atom. The lowest BCUT2D eigenvalue weighted by atomic mass is 10.1. The van der Waals surface area contributed by atoms with Crippen molar-refractivity contribution in [3.63, 3.8) is 0 Å². The van der Waals surface area contributed by atoms with Crippen LogP contribution in [0.3, 0.4) is 0 Å². The molecule has 0 radical (unpaired) electrons. The minimum atomic E-state index is -0.160. The van der Waals surface area contributed by atoms with E-state index in [0.717, 1.165) is 22.9 Å². The van der Waals surface area contributed by atoms with Crippen LogP contribution in [0.1, 0.15) is 42.6 Å². The second kappa shape index (κ2) is 9.78. The molecule has 0 aliphatic heterocycles. The van der Waals surface area contributed by atoms with Gasteiger partial charge in [-0.15, -0.1) is 0 Å². The summed E-state index contributed by atoms with van der Waals surface area (Å²) in [5.74, 6) is 1.02. The molecule has 1 aliphatic carbocycles. The largest absolute Gasteiger partial charge is 0.490 e. The summed E-state index contributed by atoms with van der Waals surface area (Å²) in [5, 5.41) is 5.81. The van der Waals surface area contributed by atoms with Gasteiger partial charge in [0.05, 0.1) is 19.6 Å². The van der Waals surface area contributed by atoms with Crippen LogP contribution in [0.15, 0.2) is 40.9 Å². The Kier molecular flexibility index (Phi) is 7.14. The molecule has 3 rings (SSSR count). The second-order valence-electron chi connectivity index (χ2n) is 6.81. The van der Waals surface area contributed by atoms with E-state index in [1.807, 2.05) is 26.0 Å². The number of nitrogens with one attached hydrogen (secondary N) is 2. The van der Waals surface area contributed by atoms with E-state index in [2.05, 4.69) is 26.6 Å². The number of halogens is 1. The first-order valence-corrected chi connectivity index (χ1v) is 10.6. The van der Waals surface area contributed by atoms with Gasteiger partial charge in [0, 0.05) is 21.8 Å². The number of carbonyl (C=O) groups excluding carboxylic acids is 2. The quantitative estimate of drug-likeness (QED) is 0.583. The molecule has 0 spiro atoms. The highest BCUT2D eigenvalue weighted by Crippen LogP contribution is 2.34. The van der Waals surface area contributed by atoms with E-state index in [1.165, 1.54) is 0 Å². The first-order valence-electron chi connectivity index (χ1n) is 9.79. The number of amides is 2. The average molecular weight is 461 g/mol. The summed E-state index contributed by atoms with van der Waals surface area (Å²) in [6.45, 7) is 4.85. The van der Waals surface area contributed by atoms with Crippen molar-refractivity contribution in [3.8, 4) is 11.5 Å². The molecule has 29 heavy (non-hydrogen) atoms. The normalized spacial score (nSPS) is 12.9. The van der Waals surface area contributed by atoms with E-state index in [4.69, 9.17) is 9.47 Å². The third-order valence-electron chi connectivity index (χ3n) is 4.41. The molecule has 2 amide bonds. The highest BCUT2D eigenvalue weighted by Gasteiger charge is 2.23. The molecule has 2 N–H and O–H groups in total. The highest BCUT2D eigenvalue weighted by molar-refractivity contribution is 9.10. The lowest BCUT2D eigenvalue weighted by Gasteiger charge is -2.14. The summed E-state index contributed by atoms with van der Waals surface area (Å²) in [7, 11) is 0. The van der Waals surface area contributed by atoms with Gasteiger partial charge in [-0.3, -0.25) is 9.59 Å². The zero-order chi connectivity index (χ0) is 20.8. The Bertz CT molecular complexity index is 879. The first-order chi connectivity index (χ1) is 14.0. The van der Waals surface area contributed by atoms with Gasteiger partial charge in [-0.2, -0.15) is 0 Å². The van der Waals surface area contributed by atoms with Gasteiger partial charge < -0.3 is 20.1 Å². The molecule has 7 heteroatoms. The second-order valence-corrected chi connectivity index (χ2v) is 7.66. The van der Waals surface area contributed by atoms with Crippen molar-refractivity contribution in [1.82, 2.24) is 5.32 Å². The van der Waals surface area contributed by atoms with Crippen molar-refractivity contribution < 1.29 is 19.1 Å². The molecule has 6 nitrogen and oxygen atoms in total. The van der Waals surface area contributed by atoms with E-state index in [1.54, 1.807) is 24.3 Å². The van der Waals surface area contributed by atoms with Gasteiger partial charge >= 0.3 is 0 Å². The van der Waals surface area contributed by atoms with E-state index >= 15 is 0 Å². The van der Waals surface area contributed by atoms with Gasteiger partial charge in [0.2, 0.25) is 5.91 Å². The van der Waals surface area contributed by atoms with Crippen LogP contribution in [0.25, 0.3) is 0 Å². The fraction of sp³-hybridized carbons (Fsp3) is 0.364. The summed E-state index contributed by atoms with van der Waals surface area (Å²) in [6.07, 6.45) is 2.27. The van der Waals surface area contributed by atoms with Crippen LogP contribution < -0.4 is 20.1 Å². The summed E-state index contributed by atoms with van der Waals surface area (Å²) in [5.41, 5.74) is 2.03. The van der Waals surface area contributed by atoms with Crippen molar-refractivity contribution in [2.75, 3.05) is 18.5 Å². The monoisotopic (exact) mass is 460 g/mol. The molecule has 1 saturated carbocycles. The van der Waals surface area contributed by atoms with Gasteiger partial charge in [0.25, 0.3) is 5.91 Å². The minimum absolute atomic E-state index is 0.0767. The molecule has 1 fully saturated rings. The zero-order valence-corrected chi connectivity index (χ0v) is 18.2. The molecular weight excluding hydrogens is 436 g/mol. The number of hydrogen-bond donors (Lipinski definition) is 2. The number of benzene rings is 2. The molecule has 2 aromatic carbocycles. The highest BCUT2D eigenvalue weighted by atomic mass is 79.9. The Hall–Kier alpha value is -2.54. The van der Waals surface area contributed by atoms with E-state index in [0.29, 0.717) is 42.0 Å². The van der Waals surface area contributed by atoms with Crippen molar-refractivity contribution >= 4 is 33.4 Å². The molecule has 0 aromatic heterocycles. The summed E-state index contributed by atoms with van der Waals surface area (Å²) in [4.78, 5) is 24.5. The standard InChI is InChI=1S/C22H25BrN2O4/c1-3-28-19-11-15(18(23)13-20(19)29-4-2)12-21(26)24-16-7-5-14(6-8-16)22(27)25-17-9-10-17/h5-8,11,13,17H,3-4,9-10,12H2,1-2H3,(H,24,26)(H,25,27). The predicted octanol–water partition coefficient (Wildman–Crippen LogP) is 4.32. The van der Waals surface area contributed by atoms with Gasteiger partial charge in [-0.25, -0.2) is 0 Å². The van der Waals surface area contributed by atoms with Gasteiger partial charge in [-0.1, -0.05) is 15.9 Å². The maximum absolute atomic E-state index is 12.5. The molecule has 0 saturated heterocycles. The molecular formula is C22H25BrN2O4. The molecule has 154 valence electrons. The van der Waals surface area contributed by atoms with Crippen LogP contribution in [-0.4, -0.2) is 31.1 Å². The Morgan fingerprint density at radius 3 is 2.24 bits per heavy atom. The van der Waals surface area contributed by atoms with Gasteiger partial charge in [0.1, 0.15) is 0 Å². The van der Waals surface area contributed by atoms with Crippen LogP contribution in [0.4, 0.5) is 5.69 Å². The fourth-order valence-corrected chi connectivity index (χ4v) is 3.29. The fourth-order valence-electron chi connectivity index (χ4n) is 2.83. The van der Waals surface area contributed by atoms with Crippen LogP contribution >= 0.6 is 15.9 Å². The molecule has 0 unspecified atom stereocenters. The maximum atomic E-state index is 12.5. The Labute approximate surface area is 179 Å². The van der Waals surface area contributed by atoms with Gasteiger partial charge in [0.15, 0.2) is 11.5 Å². The first kappa shape index (κ1) is 21.2. The third-order valence-corrected chi connectivity index (χ3v) is 5.15. The number of carbonyl (C=O) groups is 2. The van der Waals surface area contributed by atoms with E-state index in [-0.39, 0.29) is 18.2 Å². The Balaban J connectivity index is 1.63. The van der Waals surface area contributed by atoms with E-state index < -0.39 is 0 Å². The van der Waals surface area contributed by atoms with Crippen LogP contribution in [0.2, 0.25) is 0 Å². The van der Waals surface area contributed by atoms with Crippen LogP contribution in [0, 0.1) is 0 Å². The molecule has 1 aliphatic rings. The maximum Gasteiger partial charge on any atom is 0.251 e. The lowest BCUT2D eigenvalue weighted by Crippen LogP contribution is -2.25. The summed E-state index contributed by atoms with van der Waals surface area (Å²) in [6, 6.07) is 10.9. The lowest BCUT2D eigenvalue weighted by molar-refractivity contribution is -0.115. The summed E-state index contributed by atoms with van der Waals surface area (Å²) < 4.78 is 12.0. The number of anilines is 1. The molecule has 2 aromatic rings. The van der Waals surface area contributed by atoms with Crippen molar-refractivity contribution in [2.45, 2.75) is 39.2 Å². The van der Waals surface area contributed by atoms with E-state index in [9.17, 15) is 9.59 Å². The SMILES string of the molecule is CCOc1cc(Br)c(CC(=O)Nc2ccc(C(=O)NC3CC3)cc2)cc1OCC. The van der Waals surface area contributed by atoms with Gasteiger partial charge in [-0.05, 0) is 68.7 Å². The molecule has 0 atom stereocenters. The topological polar surface area (TPSA) is 76.7 Å². The number of rotatable bonds is 9. The summed E-state index contributed by atoms with van der Waals surface area (Å²) >= 11 is 3.51. The zero-order valence-electron chi connectivity index (χ0n) is 16.6. The van der Waals surface area contributed by atoms with Crippen molar-refractivity contribution in [2.24, 2.45) is 0 Å².